The van der Waals surface area contributed by atoms with Crippen molar-refractivity contribution in [1.82, 2.24) is 16.2 Å². The molecule has 0 spiro atoms. The monoisotopic (exact) mass is 379 g/mol. The first-order valence-corrected chi connectivity index (χ1v) is 8.66. The summed E-state index contributed by atoms with van der Waals surface area (Å²) in [4.78, 5) is 35.8. The fraction of sp³-hybridized carbons (Fsp3) is 0.235. The van der Waals surface area contributed by atoms with E-state index in [4.69, 9.17) is 4.74 Å². The number of thiophene rings is 1. The molecular formula is C17H18FN3O4S. The summed E-state index contributed by atoms with van der Waals surface area (Å²) in [5.74, 6) is -1.35. The fourth-order valence-corrected chi connectivity index (χ4v) is 2.49. The Hall–Kier alpha value is -2.94. The Bertz CT molecular complexity index is 750. The summed E-state index contributed by atoms with van der Waals surface area (Å²) in [6, 6.07) is 8.67. The highest BCUT2D eigenvalue weighted by molar-refractivity contribution is 7.12. The van der Waals surface area contributed by atoms with Gasteiger partial charge in [-0.2, -0.15) is 0 Å². The maximum Gasteiger partial charge on any atom is 0.279 e. The lowest BCUT2D eigenvalue weighted by molar-refractivity contribution is -0.132. The summed E-state index contributed by atoms with van der Waals surface area (Å²) in [6.45, 7) is 1.63. The summed E-state index contributed by atoms with van der Waals surface area (Å²) in [5.41, 5.74) is 4.47. The predicted octanol–water partition coefficient (Wildman–Crippen LogP) is 1.62. The van der Waals surface area contributed by atoms with Crippen LogP contribution in [-0.4, -0.2) is 30.4 Å². The molecular weight excluding hydrogens is 361 g/mol. The van der Waals surface area contributed by atoms with Crippen molar-refractivity contribution in [3.63, 3.8) is 0 Å². The molecule has 1 heterocycles. The average molecular weight is 379 g/mol. The number of halogens is 1. The van der Waals surface area contributed by atoms with Crippen LogP contribution in [0.25, 0.3) is 0 Å². The number of carbonyl (C=O) groups is 3. The van der Waals surface area contributed by atoms with Gasteiger partial charge in [0.05, 0.1) is 4.88 Å². The third-order valence-electron chi connectivity index (χ3n) is 3.20. The van der Waals surface area contributed by atoms with Gasteiger partial charge >= 0.3 is 0 Å². The molecule has 9 heteroatoms. The van der Waals surface area contributed by atoms with Crippen LogP contribution < -0.4 is 20.9 Å². The highest BCUT2D eigenvalue weighted by Crippen LogP contribution is 2.12. The topological polar surface area (TPSA) is 96.5 Å². The number of ether oxygens (including phenoxy) is 1. The van der Waals surface area contributed by atoms with Gasteiger partial charge in [-0.3, -0.25) is 25.2 Å². The Morgan fingerprint density at radius 1 is 1.15 bits per heavy atom. The molecule has 3 N–H and O–H groups in total. The molecule has 0 fully saturated rings. The van der Waals surface area contributed by atoms with Gasteiger partial charge in [-0.05, 0) is 42.6 Å². The zero-order valence-electron chi connectivity index (χ0n) is 14.0. The Balaban J connectivity index is 1.65. The Morgan fingerprint density at radius 3 is 2.54 bits per heavy atom. The number of amides is 3. The van der Waals surface area contributed by atoms with E-state index in [1.54, 1.807) is 17.5 Å². The van der Waals surface area contributed by atoms with Crippen LogP contribution in [0.2, 0.25) is 0 Å². The maximum atomic E-state index is 12.8. The van der Waals surface area contributed by atoms with Crippen LogP contribution >= 0.6 is 11.3 Å². The van der Waals surface area contributed by atoms with Gasteiger partial charge in [-0.1, -0.05) is 6.07 Å². The molecule has 0 aliphatic carbocycles. The van der Waals surface area contributed by atoms with Crippen LogP contribution in [0.15, 0.2) is 41.8 Å². The molecule has 3 amide bonds. The first kappa shape index (κ1) is 19.4. The number of rotatable bonds is 7. The number of hydrogen-bond acceptors (Lipinski definition) is 5. The van der Waals surface area contributed by atoms with E-state index in [9.17, 15) is 18.8 Å². The molecule has 0 saturated heterocycles. The Morgan fingerprint density at radius 2 is 1.88 bits per heavy atom. The smallest absolute Gasteiger partial charge is 0.279 e. The normalized spacial score (nSPS) is 11.3. The Labute approximate surface area is 153 Å². The van der Waals surface area contributed by atoms with Crippen LogP contribution in [0.5, 0.6) is 5.75 Å². The van der Waals surface area contributed by atoms with E-state index in [0.29, 0.717) is 10.6 Å². The molecule has 1 aromatic heterocycles. The molecule has 138 valence electrons. The van der Waals surface area contributed by atoms with Crippen molar-refractivity contribution in [2.45, 2.75) is 19.4 Å². The molecule has 26 heavy (non-hydrogen) atoms. The van der Waals surface area contributed by atoms with Crippen molar-refractivity contribution in [2.75, 3.05) is 6.54 Å². The van der Waals surface area contributed by atoms with Crippen LogP contribution in [0.1, 0.15) is 23.0 Å². The molecule has 1 atom stereocenters. The van der Waals surface area contributed by atoms with E-state index in [2.05, 4.69) is 16.2 Å². The van der Waals surface area contributed by atoms with Gasteiger partial charge in [-0.25, -0.2) is 4.39 Å². The van der Waals surface area contributed by atoms with Crippen molar-refractivity contribution >= 4 is 29.1 Å². The first-order valence-electron chi connectivity index (χ1n) is 7.78. The van der Waals surface area contributed by atoms with Crippen LogP contribution in [0, 0.1) is 5.82 Å². The zero-order chi connectivity index (χ0) is 18.9. The number of nitrogens with one attached hydrogen (secondary N) is 3. The minimum Gasteiger partial charge on any atom is -0.481 e. The summed E-state index contributed by atoms with van der Waals surface area (Å²) in [7, 11) is 0. The summed E-state index contributed by atoms with van der Waals surface area (Å²) in [6.07, 6.45) is -0.885. The number of hydrazine groups is 1. The van der Waals surface area contributed by atoms with E-state index < -0.39 is 23.7 Å². The lowest BCUT2D eigenvalue weighted by Gasteiger charge is -2.15. The summed E-state index contributed by atoms with van der Waals surface area (Å²) < 4.78 is 18.1. The summed E-state index contributed by atoms with van der Waals surface area (Å²) in [5, 5.41) is 4.39. The van der Waals surface area contributed by atoms with E-state index >= 15 is 0 Å². The van der Waals surface area contributed by atoms with E-state index in [0.717, 1.165) is 0 Å². The maximum absolute atomic E-state index is 12.8. The summed E-state index contributed by atoms with van der Waals surface area (Å²) >= 11 is 1.30. The second-order valence-electron chi connectivity index (χ2n) is 5.23. The standard InChI is InChI=1S/C17H18FN3O4S/c1-11(25-13-6-4-12(18)5-7-13)16(23)21-20-15(22)8-9-19-17(24)14-3-2-10-26-14/h2-7,10-11H,8-9H2,1H3,(H,19,24)(H,20,22)(H,21,23). The number of benzene rings is 1. The van der Waals surface area contributed by atoms with Gasteiger partial charge in [0.25, 0.3) is 11.8 Å². The lowest BCUT2D eigenvalue weighted by Crippen LogP contribution is -2.47. The van der Waals surface area contributed by atoms with E-state index in [1.807, 2.05) is 0 Å². The van der Waals surface area contributed by atoms with Gasteiger partial charge in [0, 0.05) is 13.0 Å². The second kappa shape index (κ2) is 9.52. The third kappa shape index (κ3) is 6.17. The highest BCUT2D eigenvalue weighted by Gasteiger charge is 2.15. The van der Waals surface area contributed by atoms with E-state index in [-0.39, 0.29) is 18.9 Å². The molecule has 2 aromatic rings. The Kier molecular flexibility index (Phi) is 7.10. The average Bonchev–Trinajstić information content (AvgIpc) is 3.16. The van der Waals surface area contributed by atoms with E-state index in [1.165, 1.54) is 42.5 Å². The zero-order valence-corrected chi connectivity index (χ0v) is 14.8. The van der Waals surface area contributed by atoms with Crippen molar-refractivity contribution in [3.8, 4) is 5.75 Å². The van der Waals surface area contributed by atoms with Crippen LogP contribution in [-0.2, 0) is 9.59 Å². The molecule has 0 aliphatic rings. The van der Waals surface area contributed by atoms with Crippen molar-refractivity contribution in [2.24, 2.45) is 0 Å². The van der Waals surface area contributed by atoms with Crippen molar-refractivity contribution in [3.05, 3.63) is 52.5 Å². The van der Waals surface area contributed by atoms with Gasteiger partial charge < -0.3 is 10.1 Å². The lowest BCUT2D eigenvalue weighted by atomic mass is 10.3. The fourth-order valence-electron chi connectivity index (χ4n) is 1.85. The molecule has 0 radical (unpaired) electrons. The highest BCUT2D eigenvalue weighted by atomic mass is 32.1. The SMILES string of the molecule is CC(Oc1ccc(F)cc1)C(=O)NNC(=O)CCNC(=O)c1cccs1. The van der Waals surface area contributed by atoms with Gasteiger partial charge in [-0.15, -0.1) is 11.3 Å². The number of hydrogen-bond donors (Lipinski definition) is 3. The molecule has 1 unspecified atom stereocenters. The molecule has 0 saturated carbocycles. The molecule has 7 nitrogen and oxygen atoms in total. The van der Waals surface area contributed by atoms with Crippen LogP contribution in [0.3, 0.4) is 0 Å². The quantitative estimate of drug-likeness (QED) is 0.637. The molecule has 0 aliphatic heterocycles. The van der Waals surface area contributed by atoms with Crippen molar-refractivity contribution in [1.29, 1.82) is 0 Å². The first-order chi connectivity index (χ1) is 12.5. The number of carbonyl (C=O) groups excluding carboxylic acids is 3. The third-order valence-corrected chi connectivity index (χ3v) is 4.07. The predicted molar refractivity (Wildman–Crippen MR) is 94.0 cm³/mol. The molecule has 2 rings (SSSR count). The minimum absolute atomic E-state index is 0.00456. The minimum atomic E-state index is -0.890. The van der Waals surface area contributed by atoms with Crippen molar-refractivity contribution < 1.29 is 23.5 Å². The van der Waals surface area contributed by atoms with Gasteiger partial charge in [0.15, 0.2) is 6.10 Å². The van der Waals surface area contributed by atoms with Crippen LogP contribution in [0.4, 0.5) is 4.39 Å². The van der Waals surface area contributed by atoms with Gasteiger partial charge in [0.1, 0.15) is 11.6 Å². The van der Waals surface area contributed by atoms with Gasteiger partial charge in [0.2, 0.25) is 5.91 Å². The molecule has 0 bridgehead atoms. The second-order valence-corrected chi connectivity index (χ2v) is 6.18. The molecule has 1 aromatic carbocycles. The largest absolute Gasteiger partial charge is 0.481 e.